The zero-order chi connectivity index (χ0) is 27.7. The molecule has 0 aliphatic rings. The molecule has 0 saturated carbocycles. The van der Waals surface area contributed by atoms with Gasteiger partial charge in [-0.1, -0.05) is 62.7 Å². The van der Waals surface area contributed by atoms with Crippen molar-refractivity contribution in [1.82, 2.24) is 9.62 Å². The third-order valence-electron chi connectivity index (χ3n) is 6.48. The summed E-state index contributed by atoms with van der Waals surface area (Å²) < 4.78 is 41.6. The molecule has 0 aliphatic heterocycles. The van der Waals surface area contributed by atoms with Crippen molar-refractivity contribution >= 4 is 32.4 Å². The Balaban J connectivity index is 1.49. The third kappa shape index (κ3) is 7.99. The molecular weight excluding hydrogens is 505 g/mol. The summed E-state index contributed by atoms with van der Waals surface area (Å²) in [6.07, 6.45) is 2.73. The summed E-state index contributed by atoms with van der Waals surface area (Å²) in [4.78, 5) is 12.2. The van der Waals surface area contributed by atoms with Gasteiger partial charge in [0.1, 0.15) is 5.82 Å². The van der Waals surface area contributed by atoms with Crippen molar-refractivity contribution < 1.29 is 22.7 Å². The summed E-state index contributed by atoms with van der Waals surface area (Å²) in [5.41, 5.74) is 6.47. The number of sulfonamides is 1. The fraction of sp³-hybridized carbons (Fsp3) is 0.414. The number of carbonyl (C=O) groups is 1. The Hall–Kier alpha value is -3.01. The zero-order valence-corrected chi connectivity index (χ0v) is 22.9. The molecule has 0 aromatic heterocycles. The molecule has 9 heteroatoms. The summed E-state index contributed by atoms with van der Waals surface area (Å²) in [5, 5.41) is 15.3. The van der Waals surface area contributed by atoms with Gasteiger partial charge in [0.05, 0.1) is 17.2 Å². The molecule has 3 rings (SSSR count). The normalized spacial score (nSPS) is 12.8. The van der Waals surface area contributed by atoms with Crippen LogP contribution in [0.15, 0.2) is 65.6 Å². The summed E-state index contributed by atoms with van der Waals surface area (Å²) in [6.45, 7) is 4.12. The smallest absolute Gasteiger partial charge is 0.243 e. The molecule has 4 N–H and O–H groups in total. The Morgan fingerprint density at radius 2 is 1.79 bits per heavy atom. The lowest BCUT2D eigenvalue weighted by Gasteiger charge is -2.31. The number of fused-ring (bicyclic) bond motifs is 1. The molecular formula is C29H38FN3O4S. The molecule has 38 heavy (non-hydrogen) atoms. The predicted octanol–water partition coefficient (Wildman–Crippen LogP) is 4.49. The summed E-state index contributed by atoms with van der Waals surface area (Å²) in [7, 11) is -3.99. The van der Waals surface area contributed by atoms with Gasteiger partial charge in [-0.25, -0.2) is 12.8 Å². The van der Waals surface area contributed by atoms with Crippen LogP contribution in [0.25, 0.3) is 10.8 Å². The Morgan fingerprint density at radius 3 is 2.47 bits per heavy atom. The highest BCUT2D eigenvalue weighted by Gasteiger charge is 2.32. The number of amides is 1. The lowest BCUT2D eigenvalue weighted by atomic mass is 10.0. The number of rotatable bonds is 14. The number of anilines is 1. The second-order valence-corrected chi connectivity index (χ2v) is 11.9. The van der Waals surface area contributed by atoms with Crippen molar-refractivity contribution in [3.05, 3.63) is 72.0 Å². The molecule has 1 amide bonds. The molecule has 0 aliphatic carbocycles. The minimum atomic E-state index is -3.99. The molecule has 0 radical (unpaired) electrons. The number of benzene rings is 3. The molecule has 1 atom stereocenters. The quantitative estimate of drug-likeness (QED) is 0.205. The Kier molecular flexibility index (Phi) is 10.6. The number of aliphatic hydroxyl groups excluding tert-OH is 1. The maximum Gasteiger partial charge on any atom is 0.243 e. The number of nitrogens with one attached hydrogen (secondary N) is 1. The predicted molar refractivity (Wildman–Crippen MR) is 150 cm³/mol. The van der Waals surface area contributed by atoms with Crippen LogP contribution in [0, 0.1) is 11.7 Å². The van der Waals surface area contributed by atoms with Crippen molar-refractivity contribution in [3.8, 4) is 0 Å². The fourth-order valence-corrected chi connectivity index (χ4v) is 6.27. The van der Waals surface area contributed by atoms with Gasteiger partial charge in [-0.05, 0) is 59.7 Å². The van der Waals surface area contributed by atoms with Crippen molar-refractivity contribution in [2.24, 2.45) is 5.92 Å². The monoisotopic (exact) mass is 543 g/mol. The van der Waals surface area contributed by atoms with E-state index in [9.17, 15) is 22.7 Å². The van der Waals surface area contributed by atoms with E-state index in [0.29, 0.717) is 38.6 Å². The van der Waals surface area contributed by atoms with E-state index in [1.54, 1.807) is 0 Å². The van der Waals surface area contributed by atoms with Crippen molar-refractivity contribution in [1.29, 1.82) is 0 Å². The van der Waals surface area contributed by atoms with Crippen molar-refractivity contribution in [2.45, 2.75) is 56.9 Å². The number of unbranched alkanes of at least 4 members (excludes halogenated alkanes) is 1. The van der Waals surface area contributed by atoms with E-state index in [2.05, 4.69) is 29.6 Å². The number of nitrogen functional groups attached to an aromatic ring is 1. The van der Waals surface area contributed by atoms with E-state index in [0.717, 1.165) is 23.1 Å². The van der Waals surface area contributed by atoms with Crippen LogP contribution in [-0.2, 0) is 21.2 Å². The van der Waals surface area contributed by atoms with Gasteiger partial charge in [0.2, 0.25) is 15.9 Å². The Morgan fingerprint density at radius 1 is 1.05 bits per heavy atom. The highest BCUT2D eigenvalue weighted by molar-refractivity contribution is 7.89. The first-order chi connectivity index (χ1) is 18.1. The van der Waals surface area contributed by atoms with Crippen LogP contribution in [0.1, 0.15) is 45.1 Å². The summed E-state index contributed by atoms with van der Waals surface area (Å²) in [6, 6.07) is 17.0. The first-order valence-corrected chi connectivity index (χ1v) is 14.5. The molecule has 0 spiro atoms. The molecule has 206 valence electrons. The van der Waals surface area contributed by atoms with Gasteiger partial charge >= 0.3 is 0 Å². The number of hydrogen-bond acceptors (Lipinski definition) is 5. The number of carbonyl (C=O) groups excluding carboxylic acids is 1. The van der Waals surface area contributed by atoms with Gasteiger partial charge in [-0.3, -0.25) is 4.79 Å². The van der Waals surface area contributed by atoms with E-state index in [1.165, 1.54) is 15.8 Å². The molecule has 0 saturated heterocycles. The van der Waals surface area contributed by atoms with Gasteiger partial charge in [0, 0.05) is 25.6 Å². The molecule has 3 aromatic rings. The number of aliphatic hydroxyl groups is 1. The minimum absolute atomic E-state index is 0.0125. The highest BCUT2D eigenvalue weighted by Crippen LogP contribution is 2.25. The van der Waals surface area contributed by atoms with E-state index in [-0.39, 0.29) is 35.6 Å². The van der Waals surface area contributed by atoms with Gasteiger partial charge in [-0.15, -0.1) is 0 Å². The average molecular weight is 544 g/mol. The van der Waals surface area contributed by atoms with Gasteiger partial charge < -0.3 is 16.2 Å². The Bertz CT molecular complexity index is 1330. The van der Waals surface area contributed by atoms with Gasteiger partial charge in [0.25, 0.3) is 0 Å². The highest BCUT2D eigenvalue weighted by atomic mass is 32.2. The van der Waals surface area contributed by atoms with Crippen LogP contribution < -0.4 is 11.1 Å². The average Bonchev–Trinajstić information content (AvgIpc) is 2.89. The van der Waals surface area contributed by atoms with E-state index < -0.39 is 21.9 Å². The van der Waals surface area contributed by atoms with E-state index in [1.807, 2.05) is 32.0 Å². The molecule has 0 heterocycles. The van der Waals surface area contributed by atoms with Crippen molar-refractivity contribution in [3.63, 3.8) is 0 Å². The van der Waals surface area contributed by atoms with Crippen LogP contribution >= 0.6 is 0 Å². The molecule has 0 bridgehead atoms. The number of aryl methyl sites for hydroxylation is 1. The number of nitrogens with two attached hydrogens (primary N) is 1. The molecule has 1 unspecified atom stereocenters. The summed E-state index contributed by atoms with van der Waals surface area (Å²) >= 11 is 0. The fourth-order valence-electron chi connectivity index (χ4n) is 4.42. The van der Waals surface area contributed by atoms with Crippen LogP contribution in [0.4, 0.5) is 10.1 Å². The minimum Gasteiger partial charge on any atom is -0.396 e. The first kappa shape index (κ1) is 29.5. The third-order valence-corrected chi connectivity index (χ3v) is 8.39. The largest absolute Gasteiger partial charge is 0.396 e. The Labute approximate surface area is 224 Å². The zero-order valence-electron chi connectivity index (χ0n) is 22.1. The van der Waals surface area contributed by atoms with E-state index in [4.69, 9.17) is 5.73 Å². The maximum atomic E-state index is 13.6. The number of halogens is 1. The maximum absolute atomic E-state index is 13.6. The standard InChI is InChI=1S/C29H38FN3O4S/c1-21(2)19-33(38(36,37)26-13-14-27(30)28(31)18-26)25(20-34)9-5-6-16-32-29(35)15-11-22-10-12-23-7-3-4-8-24(23)17-22/h3-4,7-8,10,12-14,17-18,21,25,34H,5-6,9,11,15-16,19-20,31H2,1-2H3,(H,32,35). The number of hydrogen-bond donors (Lipinski definition) is 3. The van der Waals surface area contributed by atoms with Crippen LogP contribution in [0.5, 0.6) is 0 Å². The van der Waals surface area contributed by atoms with Gasteiger partial charge in [-0.2, -0.15) is 4.31 Å². The molecule has 0 fully saturated rings. The van der Waals surface area contributed by atoms with Crippen LogP contribution in [-0.4, -0.2) is 49.5 Å². The topological polar surface area (TPSA) is 113 Å². The first-order valence-electron chi connectivity index (χ1n) is 13.0. The van der Waals surface area contributed by atoms with Crippen molar-refractivity contribution in [2.75, 3.05) is 25.4 Å². The second-order valence-electron chi connectivity index (χ2n) is 10.0. The molecule has 7 nitrogen and oxygen atoms in total. The van der Waals surface area contributed by atoms with E-state index >= 15 is 0 Å². The summed E-state index contributed by atoms with van der Waals surface area (Å²) in [5.74, 6) is -0.703. The molecule has 3 aromatic carbocycles. The van der Waals surface area contributed by atoms with Gasteiger partial charge in [0.15, 0.2) is 0 Å². The van der Waals surface area contributed by atoms with Crippen LogP contribution in [0.2, 0.25) is 0 Å². The number of nitrogens with zero attached hydrogens (tertiary/aromatic N) is 1. The SMILES string of the molecule is CC(C)CN(C(CO)CCCCNC(=O)CCc1ccc2ccccc2c1)S(=O)(=O)c1ccc(F)c(N)c1. The lowest BCUT2D eigenvalue weighted by molar-refractivity contribution is -0.121. The lowest BCUT2D eigenvalue weighted by Crippen LogP contribution is -2.44. The van der Waals surface area contributed by atoms with Crippen LogP contribution in [0.3, 0.4) is 0 Å². The second kappa shape index (κ2) is 13.7.